The molecule has 4 rings (SSSR count). The van der Waals surface area contributed by atoms with Gasteiger partial charge < -0.3 is 10.4 Å². The van der Waals surface area contributed by atoms with Crippen LogP contribution in [0.3, 0.4) is 0 Å². The van der Waals surface area contributed by atoms with Crippen molar-refractivity contribution in [3.8, 4) is 0 Å². The molecule has 1 atom stereocenters. The van der Waals surface area contributed by atoms with E-state index in [1.807, 2.05) is 6.92 Å². The lowest BCUT2D eigenvalue weighted by atomic mass is 10.1. The number of carbonyl (C=O) groups is 1. The molecule has 2 heterocycles. The zero-order chi connectivity index (χ0) is 21.6. The highest BCUT2D eigenvalue weighted by molar-refractivity contribution is 6.17. The molecule has 0 bridgehead atoms. The number of urea groups is 1. The number of aryl methyl sites for hydroxylation is 1. The number of nitrogens with zero attached hydrogens (tertiary/aromatic N) is 4. The first-order valence-corrected chi connectivity index (χ1v) is 9.12. The lowest BCUT2D eigenvalue weighted by molar-refractivity contribution is 0.230. The average molecular weight is 417 g/mol. The second kappa shape index (κ2) is 7.45. The van der Waals surface area contributed by atoms with Gasteiger partial charge in [-0.3, -0.25) is 9.80 Å². The van der Waals surface area contributed by atoms with Crippen LogP contribution in [0, 0.1) is 24.4 Å². The molecule has 0 saturated carbocycles. The lowest BCUT2D eigenvalue weighted by Crippen LogP contribution is -2.53. The van der Waals surface area contributed by atoms with Crippen LogP contribution in [0.1, 0.15) is 22.7 Å². The minimum Gasteiger partial charge on any atom is -0.392 e. The number of fused-ring (bicyclic) bond motifs is 1. The second-order valence-corrected chi connectivity index (χ2v) is 7.03. The number of benzene rings is 2. The number of aliphatic imine (C=N–C) groups is 2. The van der Waals surface area contributed by atoms with Crippen molar-refractivity contribution in [2.45, 2.75) is 19.6 Å². The molecule has 10 heteroatoms. The first-order valence-electron chi connectivity index (χ1n) is 9.12. The minimum absolute atomic E-state index is 0.0911. The fourth-order valence-corrected chi connectivity index (χ4v) is 3.41. The largest absolute Gasteiger partial charge is 0.392 e. The molecule has 2 aromatic rings. The van der Waals surface area contributed by atoms with Crippen molar-refractivity contribution in [2.24, 2.45) is 9.98 Å². The van der Waals surface area contributed by atoms with Gasteiger partial charge in [-0.2, -0.15) is 4.99 Å². The van der Waals surface area contributed by atoms with E-state index in [-0.39, 0.29) is 30.6 Å². The Morgan fingerprint density at radius 2 is 1.90 bits per heavy atom. The summed E-state index contributed by atoms with van der Waals surface area (Å²) in [6.07, 6.45) is 0. The Kier molecular flexibility index (Phi) is 4.94. The van der Waals surface area contributed by atoms with Crippen LogP contribution < -0.4 is 5.32 Å². The number of rotatable bonds is 3. The standard InChI is InChI=1S/C20H18F3N5O2/c1-10-3-4-11(9-29)5-15(10)25-18-26-20(30)27(2)19-24-8-16(28(18)19)12-6-13(21)17(23)14(22)7-12/h3-7,16,29H,8-9H2,1-2H3,(H,25,26,30). The van der Waals surface area contributed by atoms with Gasteiger partial charge in [0.25, 0.3) is 0 Å². The molecule has 0 aliphatic carbocycles. The van der Waals surface area contributed by atoms with E-state index in [9.17, 15) is 23.1 Å². The monoisotopic (exact) mass is 417 g/mol. The van der Waals surface area contributed by atoms with E-state index >= 15 is 0 Å². The maximum absolute atomic E-state index is 13.8. The summed E-state index contributed by atoms with van der Waals surface area (Å²) < 4.78 is 41.1. The van der Waals surface area contributed by atoms with Crippen LogP contribution in [0.25, 0.3) is 0 Å². The molecule has 30 heavy (non-hydrogen) atoms. The SMILES string of the molecule is Cc1ccc(CO)cc1NC1=NC(=O)N(C)C2=NCC(c3cc(F)c(F)c(F)c3)N12. The Bertz CT molecular complexity index is 1080. The molecular weight excluding hydrogens is 399 g/mol. The van der Waals surface area contributed by atoms with Gasteiger partial charge in [-0.25, -0.2) is 23.0 Å². The summed E-state index contributed by atoms with van der Waals surface area (Å²) in [5.74, 6) is -3.80. The third-order valence-electron chi connectivity index (χ3n) is 5.07. The van der Waals surface area contributed by atoms with Gasteiger partial charge in [0.15, 0.2) is 17.5 Å². The van der Waals surface area contributed by atoms with Gasteiger partial charge in [0, 0.05) is 12.7 Å². The van der Waals surface area contributed by atoms with Crippen LogP contribution in [0.15, 0.2) is 40.3 Å². The smallest absolute Gasteiger partial charge is 0.353 e. The van der Waals surface area contributed by atoms with Gasteiger partial charge in [-0.05, 0) is 41.8 Å². The number of nitrogens with one attached hydrogen (secondary N) is 1. The number of hydrogen-bond donors (Lipinski definition) is 2. The molecule has 2 N–H and O–H groups in total. The van der Waals surface area contributed by atoms with Crippen molar-refractivity contribution < 1.29 is 23.1 Å². The molecule has 1 unspecified atom stereocenters. The zero-order valence-corrected chi connectivity index (χ0v) is 16.2. The van der Waals surface area contributed by atoms with Crippen molar-refractivity contribution in [3.63, 3.8) is 0 Å². The van der Waals surface area contributed by atoms with Gasteiger partial charge in [-0.1, -0.05) is 12.1 Å². The summed E-state index contributed by atoms with van der Waals surface area (Å²) in [4.78, 5) is 23.5. The number of anilines is 1. The normalized spacial score (nSPS) is 18.3. The number of hydrogen-bond acceptors (Lipinski definition) is 5. The molecule has 0 radical (unpaired) electrons. The maximum Gasteiger partial charge on any atom is 0.353 e. The fraction of sp³-hybridized carbons (Fsp3) is 0.250. The molecule has 7 nitrogen and oxygen atoms in total. The number of guanidine groups is 2. The number of aliphatic hydroxyl groups excluding tert-OH is 1. The van der Waals surface area contributed by atoms with Gasteiger partial charge in [-0.15, -0.1) is 0 Å². The number of halogens is 3. The summed E-state index contributed by atoms with van der Waals surface area (Å²) in [5.41, 5.74) is 2.23. The topological polar surface area (TPSA) is 80.5 Å². The molecule has 0 aromatic heterocycles. The number of aliphatic hydroxyl groups is 1. The molecule has 156 valence electrons. The Labute approximate surface area is 170 Å². The summed E-state index contributed by atoms with van der Waals surface area (Å²) in [5, 5.41) is 12.5. The zero-order valence-electron chi connectivity index (χ0n) is 16.2. The van der Waals surface area contributed by atoms with Gasteiger partial charge in [0.2, 0.25) is 11.9 Å². The highest BCUT2D eigenvalue weighted by Crippen LogP contribution is 2.32. The van der Waals surface area contributed by atoms with Gasteiger partial charge in [0.05, 0.1) is 19.2 Å². The molecule has 2 aromatic carbocycles. The summed E-state index contributed by atoms with van der Waals surface area (Å²) in [6, 6.07) is 5.82. The first-order chi connectivity index (χ1) is 14.3. The molecule has 2 aliphatic rings. The van der Waals surface area contributed by atoms with Crippen molar-refractivity contribution >= 4 is 23.6 Å². The molecule has 2 aliphatic heterocycles. The maximum atomic E-state index is 13.8. The predicted octanol–water partition coefficient (Wildman–Crippen LogP) is 3.15. The minimum atomic E-state index is -1.55. The van der Waals surface area contributed by atoms with Crippen LogP contribution in [0.4, 0.5) is 23.7 Å². The van der Waals surface area contributed by atoms with Crippen molar-refractivity contribution in [1.29, 1.82) is 0 Å². The Morgan fingerprint density at radius 3 is 2.57 bits per heavy atom. The average Bonchev–Trinajstić information content (AvgIpc) is 3.17. The summed E-state index contributed by atoms with van der Waals surface area (Å²) in [6.45, 7) is 1.76. The van der Waals surface area contributed by atoms with Crippen LogP contribution in [-0.2, 0) is 6.61 Å². The Morgan fingerprint density at radius 1 is 1.20 bits per heavy atom. The van der Waals surface area contributed by atoms with Gasteiger partial charge in [0.1, 0.15) is 0 Å². The second-order valence-electron chi connectivity index (χ2n) is 7.03. The summed E-state index contributed by atoms with van der Waals surface area (Å²) >= 11 is 0. The highest BCUT2D eigenvalue weighted by atomic mass is 19.2. The van der Waals surface area contributed by atoms with E-state index in [4.69, 9.17) is 0 Å². The summed E-state index contributed by atoms with van der Waals surface area (Å²) in [7, 11) is 1.49. The molecule has 2 amide bonds. The van der Waals surface area contributed by atoms with Crippen LogP contribution >= 0.6 is 0 Å². The van der Waals surface area contributed by atoms with Crippen LogP contribution in [0.5, 0.6) is 0 Å². The predicted molar refractivity (Wildman–Crippen MR) is 105 cm³/mol. The van der Waals surface area contributed by atoms with Crippen LogP contribution in [-0.4, -0.2) is 46.4 Å². The molecular formula is C20H18F3N5O2. The van der Waals surface area contributed by atoms with Crippen molar-refractivity contribution in [2.75, 3.05) is 18.9 Å². The van der Waals surface area contributed by atoms with E-state index in [1.165, 1.54) is 11.9 Å². The molecule has 0 fully saturated rings. The lowest BCUT2D eigenvalue weighted by Gasteiger charge is -2.35. The van der Waals surface area contributed by atoms with Crippen molar-refractivity contribution in [3.05, 3.63) is 64.5 Å². The first kappa shape index (κ1) is 19.9. The number of carbonyl (C=O) groups excluding carboxylic acids is 1. The highest BCUT2D eigenvalue weighted by Gasteiger charge is 2.40. The van der Waals surface area contributed by atoms with E-state index < -0.39 is 29.5 Å². The van der Waals surface area contributed by atoms with E-state index in [0.29, 0.717) is 11.3 Å². The third kappa shape index (κ3) is 3.28. The van der Waals surface area contributed by atoms with Crippen molar-refractivity contribution in [1.82, 2.24) is 9.80 Å². The van der Waals surface area contributed by atoms with E-state index in [0.717, 1.165) is 17.7 Å². The van der Waals surface area contributed by atoms with E-state index in [2.05, 4.69) is 15.3 Å². The Balaban J connectivity index is 1.75. The quantitative estimate of drug-likeness (QED) is 0.752. The van der Waals surface area contributed by atoms with Gasteiger partial charge >= 0.3 is 6.03 Å². The fourth-order valence-electron chi connectivity index (χ4n) is 3.41. The Hall–Kier alpha value is -3.40. The van der Waals surface area contributed by atoms with E-state index in [1.54, 1.807) is 23.1 Å². The van der Waals surface area contributed by atoms with Crippen LogP contribution in [0.2, 0.25) is 0 Å². The number of amides is 2. The molecule has 0 saturated heterocycles. The molecule has 0 spiro atoms. The third-order valence-corrected chi connectivity index (χ3v) is 5.07.